The summed E-state index contributed by atoms with van der Waals surface area (Å²) in [4.78, 5) is 14.0. The van der Waals surface area contributed by atoms with Gasteiger partial charge >= 0.3 is 0 Å². The lowest BCUT2D eigenvalue weighted by Crippen LogP contribution is -2.30. The Morgan fingerprint density at radius 2 is 2.14 bits per heavy atom. The molecule has 1 aromatic rings. The van der Waals surface area contributed by atoms with Gasteiger partial charge in [-0.3, -0.25) is 4.79 Å². The SMILES string of the molecule is CC1(C)CCC(=O)N(Cc2cccc(C(N)=S)c2F)CC1. The molecule has 0 bridgehead atoms. The van der Waals surface area contributed by atoms with Gasteiger partial charge in [-0.25, -0.2) is 4.39 Å². The van der Waals surface area contributed by atoms with E-state index in [1.54, 1.807) is 23.1 Å². The van der Waals surface area contributed by atoms with Crippen molar-refractivity contribution in [2.75, 3.05) is 6.54 Å². The van der Waals surface area contributed by atoms with Gasteiger partial charge in [0.2, 0.25) is 5.91 Å². The van der Waals surface area contributed by atoms with E-state index in [1.165, 1.54) is 0 Å². The predicted octanol–water partition coefficient (Wildman–Crippen LogP) is 3.00. The highest BCUT2D eigenvalue weighted by atomic mass is 32.1. The van der Waals surface area contributed by atoms with E-state index in [9.17, 15) is 9.18 Å². The first kappa shape index (κ1) is 15.9. The summed E-state index contributed by atoms with van der Waals surface area (Å²) in [7, 11) is 0. The van der Waals surface area contributed by atoms with E-state index in [2.05, 4.69) is 13.8 Å². The van der Waals surface area contributed by atoms with Gasteiger partial charge in [-0.05, 0) is 24.3 Å². The Balaban J connectivity index is 2.20. The third-order valence-corrected chi connectivity index (χ3v) is 4.35. The summed E-state index contributed by atoms with van der Waals surface area (Å²) < 4.78 is 14.4. The Morgan fingerprint density at radius 3 is 2.81 bits per heavy atom. The van der Waals surface area contributed by atoms with Crippen LogP contribution < -0.4 is 5.73 Å². The minimum absolute atomic E-state index is 0.0395. The minimum Gasteiger partial charge on any atom is -0.389 e. The first-order chi connectivity index (χ1) is 9.80. The molecule has 0 aromatic heterocycles. The third-order valence-electron chi connectivity index (χ3n) is 4.13. The zero-order valence-corrected chi connectivity index (χ0v) is 13.3. The fraction of sp³-hybridized carbons (Fsp3) is 0.500. The van der Waals surface area contributed by atoms with Crippen molar-refractivity contribution in [2.45, 2.75) is 39.7 Å². The van der Waals surface area contributed by atoms with Crippen LogP contribution in [0.5, 0.6) is 0 Å². The second-order valence-electron chi connectivity index (χ2n) is 6.37. The highest BCUT2D eigenvalue weighted by Crippen LogP contribution is 2.31. The summed E-state index contributed by atoms with van der Waals surface area (Å²) in [5.74, 6) is -0.331. The highest BCUT2D eigenvalue weighted by Gasteiger charge is 2.28. The van der Waals surface area contributed by atoms with Crippen molar-refractivity contribution in [3.05, 3.63) is 35.1 Å². The number of hydrogen-bond donors (Lipinski definition) is 1. The molecule has 2 rings (SSSR count). The number of carbonyl (C=O) groups is 1. The highest BCUT2D eigenvalue weighted by molar-refractivity contribution is 7.80. The molecular formula is C16H21FN2OS. The van der Waals surface area contributed by atoms with Crippen LogP contribution in [0.15, 0.2) is 18.2 Å². The van der Waals surface area contributed by atoms with Crippen LogP contribution in [0.1, 0.15) is 44.2 Å². The van der Waals surface area contributed by atoms with Crippen molar-refractivity contribution in [1.82, 2.24) is 4.90 Å². The first-order valence-corrected chi connectivity index (χ1v) is 7.56. The maximum atomic E-state index is 14.4. The average molecular weight is 308 g/mol. The molecule has 3 nitrogen and oxygen atoms in total. The van der Waals surface area contributed by atoms with Gasteiger partial charge in [-0.1, -0.05) is 38.2 Å². The molecule has 0 spiro atoms. The fourth-order valence-electron chi connectivity index (χ4n) is 2.56. The van der Waals surface area contributed by atoms with Gasteiger partial charge in [0.05, 0.1) is 0 Å². The lowest BCUT2D eigenvalue weighted by molar-refractivity contribution is -0.131. The quantitative estimate of drug-likeness (QED) is 0.873. The molecule has 0 saturated carbocycles. The van der Waals surface area contributed by atoms with E-state index in [4.69, 9.17) is 18.0 Å². The number of nitrogens with zero attached hydrogens (tertiary/aromatic N) is 1. The smallest absolute Gasteiger partial charge is 0.222 e. The van der Waals surface area contributed by atoms with E-state index in [-0.39, 0.29) is 28.4 Å². The first-order valence-electron chi connectivity index (χ1n) is 7.15. The average Bonchev–Trinajstić information content (AvgIpc) is 2.53. The Kier molecular flexibility index (Phi) is 4.61. The molecule has 1 aromatic carbocycles. The van der Waals surface area contributed by atoms with E-state index in [1.807, 2.05) is 0 Å². The fourth-order valence-corrected chi connectivity index (χ4v) is 2.71. The molecule has 1 saturated heterocycles. The number of carbonyl (C=O) groups excluding carboxylic acids is 1. The minimum atomic E-state index is -0.415. The molecule has 0 atom stereocenters. The molecule has 1 aliphatic rings. The molecule has 1 aliphatic heterocycles. The van der Waals surface area contributed by atoms with Crippen molar-refractivity contribution >= 4 is 23.1 Å². The van der Waals surface area contributed by atoms with Crippen LogP contribution in [0.25, 0.3) is 0 Å². The molecule has 5 heteroatoms. The van der Waals surface area contributed by atoms with Crippen molar-refractivity contribution in [3.63, 3.8) is 0 Å². The summed E-state index contributed by atoms with van der Waals surface area (Å²) in [6.45, 7) is 5.26. The Labute approximate surface area is 130 Å². The van der Waals surface area contributed by atoms with Crippen LogP contribution in [0.3, 0.4) is 0 Å². The van der Waals surface area contributed by atoms with E-state index in [0.717, 1.165) is 12.8 Å². The number of halogens is 1. The van der Waals surface area contributed by atoms with Crippen molar-refractivity contribution < 1.29 is 9.18 Å². The maximum Gasteiger partial charge on any atom is 0.222 e. The molecule has 2 N–H and O–H groups in total. The monoisotopic (exact) mass is 308 g/mol. The maximum absolute atomic E-state index is 14.4. The van der Waals surface area contributed by atoms with Gasteiger partial charge in [0.25, 0.3) is 0 Å². The van der Waals surface area contributed by atoms with Gasteiger partial charge in [0, 0.05) is 30.6 Å². The van der Waals surface area contributed by atoms with Crippen LogP contribution in [0, 0.1) is 11.2 Å². The van der Waals surface area contributed by atoms with Gasteiger partial charge in [0.15, 0.2) is 0 Å². The van der Waals surface area contributed by atoms with Crippen LogP contribution >= 0.6 is 12.2 Å². The van der Waals surface area contributed by atoms with Crippen LogP contribution in [0.4, 0.5) is 4.39 Å². The van der Waals surface area contributed by atoms with Gasteiger partial charge < -0.3 is 10.6 Å². The van der Waals surface area contributed by atoms with Gasteiger partial charge in [-0.2, -0.15) is 0 Å². The summed E-state index contributed by atoms with van der Waals surface area (Å²) in [6.07, 6.45) is 2.32. The second-order valence-corrected chi connectivity index (χ2v) is 6.81. The van der Waals surface area contributed by atoms with E-state index < -0.39 is 5.82 Å². The lowest BCUT2D eigenvalue weighted by atomic mass is 9.85. The summed E-state index contributed by atoms with van der Waals surface area (Å²) >= 11 is 4.85. The molecule has 1 heterocycles. The largest absolute Gasteiger partial charge is 0.389 e. The van der Waals surface area contributed by atoms with Crippen molar-refractivity contribution in [1.29, 1.82) is 0 Å². The number of likely N-dealkylation sites (tertiary alicyclic amines) is 1. The molecule has 0 aliphatic carbocycles. The molecule has 21 heavy (non-hydrogen) atoms. The second kappa shape index (κ2) is 6.10. The topological polar surface area (TPSA) is 46.3 Å². The van der Waals surface area contributed by atoms with Crippen LogP contribution in [-0.2, 0) is 11.3 Å². The Bertz CT molecular complexity index is 571. The number of nitrogens with two attached hydrogens (primary N) is 1. The van der Waals surface area contributed by atoms with Crippen LogP contribution in [-0.4, -0.2) is 22.3 Å². The van der Waals surface area contributed by atoms with Crippen LogP contribution in [0.2, 0.25) is 0 Å². The number of hydrogen-bond acceptors (Lipinski definition) is 2. The molecule has 0 unspecified atom stereocenters. The predicted molar refractivity (Wildman–Crippen MR) is 85.3 cm³/mol. The molecule has 0 radical (unpaired) electrons. The zero-order valence-electron chi connectivity index (χ0n) is 12.5. The zero-order chi connectivity index (χ0) is 15.6. The Morgan fingerprint density at radius 1 is 1.43 bits per heavy atom. The Hall–Kier alpha value is -1.49. The van der Waals surface area contributed by atoms with Gasteiger partial charge in [-0.15, -0.1) is 0 Å². The van der Waals surface area contributed by atoms with Crippen molar-refractivity contribution in [3.8, 4) is 0 Å². The number of rotatable bonds is 3. The molecule has 114 valence electrons. The molecule has 1 fully saturated rings. The normalized spacial score (nSPS) is 18.4. The number of benzene rings is 1. The molecular weight excluding hydrogens is 287 g/mol. The summed E-state index contributed by atoms with van der Waals surface area (Å²) in [5, 5.41) is 0. The number of thiocarbonyl (C=S) groups is 1. The lowest BCUT2D eigenvalue weighted by Gasteiger charge is -2.24. The summed E-state index contributed by atoms with van der Waals surface area (Å²) in [6, 6.07) is 4.97. The van der Waals surface area contributed by atoms with Gasteiger partial charge in [0.1, 0.15) is 10.8 Å². The standard InChI is InChI=1S/C16H21FN2OS/c1-16(2)7-6-13(20)19(9-8-16)10-11-4-3-5-12(14(11)17)15(18)21/h3-5H,6-10H2,1-2H3,(H2,18,21). The van der Waals surface area contributed by atoms with E-state index >= 15 is 0 Å². The van der Waals surface area contributed by atoms with Crippen molar-refractivity contribution in [2.24, 2.45) is 11.1 Å². The summed E-state index contributed by atoms with van der Waals surface area (Å²) in [5.41, 5.74) is 6.38. The molecule has 1 amide bonds. The third kappa shape index (κ3) is 3.79. The number of amides is 1. The van der Waals surface area contributed by atoms with E-state index in [0.29, 0.717) is 18.5 Å².